The van der Waals surface area contributed by atoms with Gasteiger partial charge in [-0.05, 0) is 43.8 Å². The number of hydrogen-bond acceptors (Lipinski definition) is 4. The van der Waals surface area contributed by atoms with Crippen molar-refractivity contribution in [3.05, 3.63) is 71.9 Å². The molecule has 0 aliphatic heterocycles. The van der Waals surface area contributed by atoms with Gasteiger partial charge in [-0.25, -0.2) is 4.98 Å². The van der Waals surface area contributed by atoms with E-state index >= 15 is 0 Å². The van der Waals surface area contributed by atoms with Crippen LogP contribution in [-0.2, 0) is 13.6 Å². The summed E-state index contributed by atoms with van der Waals surface area (Å²) >= 11 is 0. The number of benzene rings is 1. The number of amides is 1. The normalized spacial score (nSPS) is 12.3. The molecule has 0 spiro atoms. The molecule has 0 aliphatic rings. The Morgan fingerprint density at radius 2 is 2.20 bits per heavy atom. The molecule has 0 bridgehead atoms. The molecule has 0 fully saturated rings. The Balaban J connectivity index is 1.68. The molecule has 6 heteroatoms. The molecule has 2 aromatic heterocycles. The van der Waals surface area contributed by atoms with Crippen LogP contribution in [0.15, 0.2) is 59.5 Å². The first-order valence-corrected chi connectivity index (χ1v) is 8.16. The van der Waals surface area contributed by atoms with Gasteiger partial charge in [0.15, 0.2) is 0 Å². The maximum Gasteiger partial charge on any atom is 0.257 e. The lowest BCUT2D eigenvalue weighted by atomic mass is 10.1. The van der Waals surface area contributed by atoms with Crippen molar-refractivity contribution in [1.82, 2.24) is 14.5 Å². The fourth-order valence-electron chi connectivity index (χ4n) is 2.64. The van der Waals surface area contributed by atoms with Crippen LogP contribution in [-0.4, -0.2) is 27.4 Å². The number of imidazole rings is 1. The quantitative estimate of drug-likeness (QED) is 0.748. The number of furan rings is 1. The van der Waals surface area contributed by atoms with E-state index < -0.39 is 0 Å². The fraction of sp³-hybridized carbons (Fsp3) is 0.263. The van der Waals surface area contributed by atoms with Crippen molar-refractivity contribution >= 4 is 11.9 Å². The second-order valence-corrected chi connectivity index (χ2v) is 6.12. The highest BCUT2D eigenvalue weighted by Crippen LogP contribution is 2.21. The zero-order chi connectivity index (χ0) is 17.8. The molecular formula is C19H22N4O2. The highest BCUT2D eigenvalue weighted by molar-refractivity contribution is 6.03. The molecule has 130 valence electrons. The van der Waals surface area contributed by atoms with Crippen molar-refractivity contribution in [3.63, 3.8) is 0 Å². The fourth-order valence-corrected chi connectivity index (χ4v) is 2.64. The zero-order valence-electron chi connectivity index (χ0n) is 14.6. The van der Waals surface area contributed by atoms with Crippen molar-refractivity contribution in [2.24, 2.45) is 7.05 Å². The highest BCUT2D eigenvalue weighted by atomic mass is 16.3. The predicted octanol–water partition coefficient (Wildman–Crippen LogP) is 3.46. The van der Waals surface area contributed by atoms with Gasteiger partial charge in [0.25, 0.3) is 5.91 Å². The van der Waals surface area contributed by atoms with E-state index in [1.54, 1.807) is 29.3 Å². The Morgan fingerprint density at radius 3 is 2.88 bits per heavy atom. The number of nitrogens with one attached hydrogen (secondary N) is 1. The number of carbonyl (C=O) groups is 1. The summed E-state index contributed by atoms with van der Waals surface area (Å²) in [4.78, 5) is 18.7. The molecule has 0 aliphatic carbocycles. The van der Waals surface area contributed by atoms with Crippen LogP contribution in [0.3, 0.4) is 0 Å². The molecule has 0 saturated heterocycles. The largest absolute Gasteiger partial charge is 0.468 e. The van der Waals surface area contributed by atoms with Gasteiger partial charge < -0.3 is 8.98 Å². The second kappa shape index (κ2) is 7.36. The van der Waals surface area contributed by atoms with Crippen molar-refractivity contribution in [3.8, 4) is 0 Å². The summed E-state index contributed by atoms with van der Waals surface area (Å²) in [6.45, 7) is 2.81. The molecule has 1 atom stereocenters. The summed E-state index contributed by atoms with van der Waals surface area (Å²) in [5, 5.41) is 2.82. The molecule has 3 aromatic rings. The van der Waals surface area contributed by atoms with Gasteiger partial charge in [0.05, 0.1) is 12.3 Å². The number of aryl methyl sites for hydroxylation is 1. The number of rotatable bonds is 6. The molecule has 6 nitrogen and oxygen atoms in total. The molecule has 0 unspecified atom stereocenters. The number of anilines is 1. The Kier molecular flexibility index (Phi) is 5.00. The van der Waals surface area contributed by atoms with E-state index in [4.69, 9.17) is 4.42 Å². The number of hydrogen-bond donors (Lipinski definition) is 1. The lowest BCUT2D eigenvalue weighted by molar-refractivity contribution is 0.102. The molecule has 3 rings (SSSR count). The number of carbonyl (C=O) groups excluding carboxylic acids is 1. The van der Waals surface area contributed by atoms with Gasteiger partial charge in [0, 0.05) is 31.5 Å². The number of nitrogens with zero attached hydrogens (tertiary/aromatic N) is 3. The lowest BCUT2D eigenvalue weighted by Crippen LogP contribution is -2.22. The van der Waals surface area contributed by atoms with Gasteiger partial charge in [0.1, 0.15) is 5.76 Å². The number of aromatic nitrogens is 2. The summed E-state index contributed by atoms with van der Waals surface area (Å²) in [6, 6.07) is 11.6. The third-order valence-corrected chi connectivity index (χ3v) is 4.28. The average molecular weight is 338 g/mol. The van der Waals surface area contributed by atoms with Gasteiger partial charge in [-0.2, -0.15) is 0 Å². The van der Waals surface area contributed by atoms with Gasteiger partial charge >= 0.3 is 0 Å². The maximum atomic E-state index is 12.4. The smallest absolute Gasteiger partial charge is 0.257 e. The van der Waals surface area contributed by atoms with E-state index in [1.807, 2.05) is 44.4 Å². The highest BCUT2D eigenvalue weighted by Gasteiger charge is 2.15. The minimum Gasteiger partial charge on any atom is -0.468 e. The first-order valence-electron chi connectivity index (χ1n) is 8.16. The second-order valence-electron chi connectivity index (χ2n) is 6.12. The summed E-state index contributed by atoms with van der Waals surface area (Å²) in [5.74, 6) is 1.28. The Labute approximate surface area is 147 Å². The molecule has 1 N–H and O–H groups in total. The van der Waals surface area contributed by atoms with Crippen LogP contribution in [0.4, 0.5) is 5.95 Å². The standard InChI is InChI=1S/C19H22N4O2/c1-14(17-8-5-11-25-17)23(3)13-15-6-4-7-16(12-15)18(24)21-19-20-9-10-22(19)2/h4-12,14H,13H2,1-3H3,(H,20,21,24)/t14-/m0/s1. The molecule has 0 saturated carbocycles. The monoisotopic (exact) mass is 338 g/mol. The van der Waals surface area contributed by atoms with Crippen molar-refractivity contribution < 1.29 is 9.21 Å². The Bertz CT molecular complexity index is 839. The van der Waals surface area contributed by atoms with E-state index in [-0.39, 0.29) is 11.9 Å². The first-order chi connectivity index (χ1) is 12.0. The van der Waals surface area contributed by atoms with Gasteiger partial charge in [0.2, 0.25) is 5.95 Å². The van der Waals surface area contributed by atoms with Crippen LogP contribution in [0.2, 0.25) is 0 Å². The van der Waals surface area contributed by atoms with E-state index in [2.05, 4.69) is 22.1 Å². The van der Waals surface area contributed by atoms with E-state index in [0.717, 1.165) is 11.3 Å². The van der Waals surface area contributed by atoms with E-state index in [9.17, 15) is 4.79 Å². The predicted molar refractivity (Wildman–Crippen MR) is 96.2 cm³/mol. The van der Waals surface area contributed by atoms with Crippen LogP contribution in [0, 0.1) is 0 Å². The van der Waals surface area contributed by atoms with Crippen molar-refractivity contribution in [2.75, 3.05) is 12.4 Å². The SMILES string of the molecule is C[C@@H](c1ccco1)N(C)Cc1cccc(C(=O)Nc2nccn2C)c1. The van der Waals surface area contributed by atoms with Crippen LogP contribution in [0.5, 0.6) is 0 Å². The third kappa shape index (κ3) is 3.97. The molecule has 1 aromatic carbocycles. The van der Waals surface area contributed by atoms with Crippen LogP contribution >= 0.6 is 0 Å². The Morgan fingerprint density at radius 1 is 1.36 bits per heavy atom. The van der Waals surface area contributed by atoms with Crippen LogP contribution in [0.1, 0.15) is 34.6 Å². The molecule has 1 amide bonds. The zero-order valence-corrected chi connectivity index (χ0v) is 14.6. The minimum absolute atomic E-state index is 0.153. The molecule has 2 heterocycles. The third-order valence-electron chi connectivity index (χ3n) is 4.28. The lowest BCUT2D eigenvalue weighted by Gasteiger charge is -2.23. The van der Waals surface area contributed by atoms with Gasteiger partial charge in [-0.1, -0.05) is 12.1 Å². The summed E-state index contributed by atoms with van der Waals surface area (Å²) in [7, 11) is 3.87. The first kappa shape index (κ1) is 17.0. The summed E-state index contributed by atoms with van der Waals surface area (Å²) < 4.78 is 7.24. The van der Waals surface area contributed by atoms with E-state index in [1.165, 1.54) is 0 Å². The summed E-state index contributed by atoms with van der Waals surface area (Å²) in [5.41, 5.74) is 1.67. The van der Waals surface area contributed by atoms with Crippen LogP contribution < -0.4 is 5.32 Å². The van der Waals surface area contributed by atoms with E-state index in [0.29, 0.717) is 18.1 Å². The van der Waals surface area contributed by atoms with Crippen molar-refractivity contribution in [1.29, 1.82) is 0 Å². The van der Waals surface area contributed by atoms with Crippen LogP contribution in [0.25, 0.3) is 0 Å². The topological polar surface area (TPSA) is 63.3 Å². The molecule has 0 radical (unpaired) electrons. The Hall–Kier alpha value is -2.86. The maximum absolute atomic E-state index is 12.4. The van der Waals surface area contributed by atoms with Crippen molar-refractivity contribution in [2.45, 2.75) is 19.5 Å². The van der Waals surface area contributed by atoms with Gasteiger partial charge in [-0.15, -0.1) is 0 Å². The molecule has 25 heavy (non-hydrogen) atoms. The summed E-state index contributed by atoms with van der Waals surface area (Å²) in [6.07, 6.45) is 5.12. The molecular weight excluding hydrogens is 316 g/mol. The van der Waals surface area contributed by atoms with Gasteiger partial charge in [-0.3, -0.25) is 15.0 Å². The average Bonchev–Trinajstić information content (AvgIpc) is 3.27. The minimum atomic E-state index is -0.169.